The van der Waals surface area contributed by atoms with Gasteiger partial charge in [-0.05, 0) is 18.2 Å². The molecule has 0 aliphatic heterocycles. The van der Waals surface area contributed by atoms with Crippen LogP contribution in [0.1, 0.15) is 5.56 Å². The summed E-state index contributed by atoms with van der Waals surface area (Å²) in [7, 11) is 0. The quantitative estimate of drug-likeness (QED) is 0.458. The molecule has 0 aliphatic carbocycles. The van der Waals surface area contributed by atoms with Crippen molar-refractivity contribution in [1.29, 1.82) is 0 Å². The van der Waals surface area contributed by atoms with E-state index in [4.69, 9.17) is 0 Å². The van der Waals surface area contributed by atoms with E-state index in [-0.39, 0.29) is 11.3 Å². The Balaban J connectivity index is 2.92. The van der Waals surface area contributed by atoms with Gasteiger partial charge in [-0.3, -0.25) is 0 Å². The number of benzene rings is 1. The van der Waals surface area contributed by atoms with E-state index >= 15 is 0 Å². The number of thiol groups is 1. The molecule has 1 nitrogen and oxygen atoms in total. The Labute approximate surface area is 94.8 Å². The van der Waals surface area contributed by atoms with E-state index in [1.807, 2.05) is 0 Å². The second kappa shape index (κ2) is 5.12. The summed E-state index contributed by atoms with van der Waals surface area (Å²) in [6, 6.07) is 2.99. The van der Waals surface area contributed by atoms with Gasteiger partial charge in [0.15, 0.2) is 11.6 Å². The molecule has 86 valence electrons. The van der Waals surface area contributed by atoms with Crippen LogP contribution in [-0.4, -0.2) is 12.1 Å². The molecule has 0 saturated carbocycles. The Kier molecular flexibility index (Phi) is 4.07. The summed E-state index contributed by atoms with van der Waals surface area (Å²) in [5, 5.41) is 0. The van der Waals surface area contributed by atoms with E-state index in [1.54, 1.807) is 0 Å². The van der Waals surface area contributed by atoms with Gasteiger partial charge < -0.3 is 4.74 Å². The van der Waals surface area contributed by atoms with E-state index in [1.165, 1.54) is 6.07 Å². The Bertz CT molecular complexity index is 431. The predicted octanol–water partition coefficient (Wildman–Crippen LogP) is 3.01. The first-order valence-electron chi connectivity index (χ1n) is 4.07. The zero-order chi connectivity index (χ0) is 12.2. The minimum absolute atomic E-state index is 0.265. The summed E-state index contributed by atoms with van der Waals surface area (Å²) in [5.74, 6) is 3.37. The molecule has 16 heavy (non-hydrogen) atoms. The third-order valence-electron chi connectivity index (χ3n) is 1.47. The highest BCUT2D eigenvalue weighted by atomic mass is 32.1. The van der Waals surface area contributed by atoms with Gasteiger partial charge in [0.2, 0.25) is 0 Å². The van der Waals surface area contributed by atoms with Crippen LogP contribution < -0.4 is 4.74 Å². The van der Waals surface area contributed by atoms with Crippen molar-refractivity contribution in [3.05, 3.63) is 29.6 Å². The van der Waals surface area contributed by atoms with Crippen LogP contribution in [0.5, 0.6) is 5.75 Å². The van der Waals surface area contributed by atoms with E-state index in [0.717, 1.165) is 12.1 Å². The van der Waals surface area contributed by atoms with Crippen LogP contribution in [0.25, 0.3) is 0 Å². The maximum atomic E-state index is 13.1. The first kappa shape index (κ1) is 12.7. The monoisotopic (exact) mass is 250 g/mol. The number of halogens is 4. The zero-order valence-corrected chi connectivity index (χ0v) is 8.70. The normalized spacial score (nSPS) is 10.6. The fourth-order valence-corrected chi connectivity index (χ4v) is 1.01. The number of hydrogen-bond acceptors (Lipinski definition) is 2. The molecule has 0 fully saturated rings. The van der Waals surface area contributed by atoms with Crippen LogP contribution in [-0.2, 0) is 0 Å². The number of rotatable bonds is 1. The number of ether oxygens (including phenoxy) is 1. The maximum absolute atomic E-state index is 13.1. The molecule has 0 aromatic heterocycles. The van der Waals surface area contributed by atoms with Gasteiger partial charge in [-0.25, -0.2) is 4.39 Å². The van der Waals surface area contributed by atoms with E-state index in [0.29, 0.717) is 0 Å². The molecule has 1 aromatic rings. The highest BCUT2D eigenvalue weighted by Crippen LogP contribution is 2.25. The Morgan fingerprint density at radius 2 is 2.00 bits per heavy atom. The first-order chi connectivity index (χ1) is 7.42. The van der Waals surface area contributed by atoms with Crippen LogP contribution in [0.4, 0.5) is 17.6 Å². The van der Waals surface area contributed by atoms with Crippen LogP contribution >= 0.6 is 12.6 Å². The summed E-state index contributed by atoms with van der Waals surface area (Å²) in [4.78, 5) is 0. The summed E-state index contributed by atoms with van der Waals surface area (Å²) in [6.45, 7) is 0. The molecule has 6 heteroatoms. The molecule has 0 N–H and O–H groups in total. The summed E-state index contributed by atoms with van der Waals surface area (Å²) in [5.41, 5.74) is 0.265. The van der Waals surface area contributed by atoms with Crippen LogP contribution in [0.3, 0.4) is 0 Å². The lowest BCUT2D eigenvalue weighted by Crippen LogP contribution is -2.17. The Morgan fingerprint density at radius 1 is 1.31 bits per heavy atom. The maximum Gasteiger partial charge on any atom is 0.573 e. The van der Waals surface area contributed by atoms with Crippen LogP contribution in [0.2, 0.25) is 0 Å². The van der Waals surface area contributed by atoms with E-state index in [9.17, 15) is 17.6 Å². The SMILES string of the molecule is Fc1cc(C#CCS)ccc1OC(F)(F)F. The van der Waals surface area contributed by atoms with E-state index in [2.05, 4.69) is 29.2 Å². The molecule has 0 atom stereocenters. The van der Waals surface area contributed by atoms with Crippen molar-refractivity contribution in [3.8, 4) is 17.6 Å². The molecule has 0 unspecified atom stereocenters. The highest BCUT2D eigenvalue weighted by Gasteiger charge is 2.32. The fraction of sp³-hybridized carbons (Fsp3) is 0.200. The van der Waals surface area contributed by atoms with Gasteiger partial charge in [0.25, 0.3) is 0 Å². The van der Waals surface area contributed by atoms with Gasteiger partial charge in [0.1, 0.15) is 0 Å². The fourth-order valence-electron chi connectivity index (χ4n) is 0.928. The molecular formula is C10H6F4OS. The summed E-state index contributed by atoms with van der Waals surface area (Å²) in [6.07, 6.45) is -4.90. The third kappa shape index (κ3) is 4.03. The molecule has 1 rings (SSSR count). The van der Waals surface area contributed by atoms with Crippen molar-refractivity contribution in [2.24, 2.45) is 0 Å². The Hall–Kier alpha value is -1.35. The lowest BCUT2D eigenvalue weighted by molar-refractivity contribution is -0.275. The zero-order valence-electron chi connectivity index (χ0n) is 7.81. The highest BCUT2D eigenvalue weighted by molar-refractivity contribution is 7.80. The molecule has 0 amide bonds. The van der Waals surface area contributed by atoms with Gasteiger partial charge in [-0.1, -0.05) is 11.8 Å². The lowest BCUT2D eigenvalue weighted by atomic mass is 10.2. The van der Waals surface area contributed by atoms with Crippen LogP contribution in [0, 0.1) is 17.7 Å². The number of alkyl halides is 3. The van der Waals surface area contributed by atoms with E-state index < -0.39 is 17.9 Å². The van der Waals surface area contributed by atoms with Crippen molar-refractivity contribution in [2.75, 3.05) is 5.75 Å². The molecule has 0 bridgehead atoms. The predicted molar refractivity (Wildman–Crippen MR) is 53.8 cm³/mol. The summed E-state index contributed by atoms with van der Waals surface area (Å²) >= 11 is 3.81. The second-order valence-electron chi connectivity index (χ2n) is 2.65. The largest absolute Gasteiger partial charge is 0.573 e. The second-order valence-corrected chi connectivity index (χ2v) is 2.97. The Morgan fingerprint density at radius 3 is 2.50 bits per heavy atom. The van der Waals surface area contributed by atoms with Crippen molar-refractivity contribution in [1.82, 2.24) is 0 Å². The smallest absolute Gasteiger partial charge is 0.403 e. The number of hydrogen-bond donors (Lipinski definition) is 1. The molecular weight excluding hydrogens is 244 g/mol. The molecule has 0 aliphatic rings. The molecule has 0 saturated heterocycles. The van der Waals surface area contributed by atoms with Gasteiger partial charge in [-0.2, -0.15) is 12.6 Å². The van der Waals surface area contributed by atoms with Gasteiger partial charge in [0.05, 0.1) is 5.75 Å². The topological polar surface area (TPSA) is 9.23 Å². The molecule has 1 aromatic carbocycles. The van der Waals surface area contributed by atoms with Gasteiger partial charge >= 0.3 is 6.36 Å². The molecule has 0 radical (unpaired) electrons. The van der Waals surface area contributed by atoms with Gasteiger partial charge in [-0.15, -0.1) is 13.2 Å². The average molecular weight is 250 g/mol. The van der Waals surface area contributed by atoms with Crippen molar-refractivity contribution in [2.45, 2.75) is 6.36 Å². The van der Waals surface area contributed by atoms with Crippen molar-refractivity contribution in [3.63, 3.8) is 0 Å². The average Bonchev–Trinajstić information content (AvgIpc) is 2.17. The van der Waals surface area contributed by atoms with Crippen molar-refractivity contribution < 1.29 is 22.3 Å². The minimum atomic E-state index is -4.90. The van der Waals surface area contributed by atoms with Gasteiger partial charge in [0, 0.05) is 5.56 Å². The van der Waals surface area contributed by atoms with Crippen molar-refractivity contribution >= 4 is 12.6 Å². The molecule has 0 heterocycles. The lowest BCUT2D eigenvalue weighted by Gasteiger charge is -2.09. The summed E-state index contributed by atoms with van der Waals surface area (Å²) < 4.78 is 51.9. The minimum Gasteiger partial charge on any atom is -0.403 e. The van der Waals surface area contributed by atoms with Crippen LogP contribution in [0.15, 0.2) is 18.2 Å². The first-order valence-corrected chi connectivity index (χ1v) is 4.70. The standard InChI is InChI=1S/C10H6F4OS/c11-8-6-7(2-1-5-16)3-4-9(8)15-10(12,13)14/h3-4,6,16H,5H2. The molecule has 0 spiro atoms. The third-order valence-corrected chi connectivity index (χ3v) is 1.63.